The zero-order chi connectivity index (χ0) is 15.9. The van der Waals surface area contributed by atoms with Crippen LogP contribution in [0.2, 0.25) is 0 Å². The van der Waals surface area contributed by atoms with E-state index in [-0.39, 0.29) is 11.9 Å². The molecular formula is C18H23NO2S. The van der Waals surface area contributed by atoms with Crippen molar-refractivity contribution in [3.8, 4) is 5.75 Å². The molecule has 0 aliphatic carbocycles. The number of rotatable bonds is 7. The van der Waals surface area contributed by atoms with Gasteiger partial charge < -0.3 is 10.1 Å². The maximum Gasteiger partial charge on any atom is 0.225 e. The molecule has 2 aromatic rings. The molecular weight excluding hydrogens is 294 g/mol. The highest BCUT2D eigenvalue weighted by Crippen LogP contribution is 2.24. The number of carbonyl (C=O) groups is 1. The summed E-state index contributed by atoms with van der Waals surface area (Å²) in [4.78, 5) is 13.4. The summed E-state index contributed by atoms with van der Waals surface area (Å²) in [5.74, 6) is 1.41. The molecule has 0 aliphatic rings. The topological polar surface area (TPSA) is 38.3 Å². The number of nitrogens with one attached hydrogen (secondary N) is 1. The van der Waals surface area contributed by atoms with Gasteiger partial charge in [-0.15, -0.1) is 11.3 Å². The highest BCUT2D eigenvalue weighted by Gasteiger charge is 2.16. The Kier molecular flexibility index (Phi) is 6.01. The largest absolute Gasteiger partial charge is 0.497 e. The van der Waals surface area contributed by atoms with E-state index in [0.717, 1.165) is 22.6 Å². The molecule has 1 unspecified atom stereocenters. The van der Waals surface area contributed by atoms with Gasteiger partial charge in [-0.05, 0) is 41.5 Å². The molecule has 1 aromatic heterocycles. The third-order valence-corrected chi connectivity index (χ3v) is 4.35. The number of hydrogen-bond donors (Lipinski definition) is 1. The fraction of sp³-hybridized carbons (Fsp3) is 0.389. The van der Waals surface area contributed by atoms with Crippen LogP contribution in [0.3, 0.4) is 0 Å². The summed E-state index contributed by atoms with van der Waals surface area (Å²) >= 11 is 1.62. The first kappa shape index (κ1) is 16.6. The van der Waals surface area contributed by atoms with Gasteiger partial charge in [-0.3, -0.25) is 4.79 Å². The van der Waals surface area contributed by atoms with E-state index in [1.807, 2.05) is 41.8 Å². The van der Waals surface area contributed by atoms with Crippen molar-refractivity contribution in [3.05, 3.63) is 52.2 Å². The van der Waals surface area contributed by atoms with Crippen molar-refractivity contribution in [1.82, 2.24) is 5.32 Å². The summed E-state index contributed by atoms with van der Waals surface area (Å²) in [6.45, 7) is 4.34. The van der Waals surface area contributed by atoms with Gasteiger partial charge in [0.25, 0.3) is 0 Å². The van der Waals surface area contributed by atoms with Gasteiger partial charge in [-0.2, -0.15) is 0 Å². The molecule has 0 fully saturated rings. The first-order valence-electron chi connectivity index (χ1n) is 7.54. The number of ether oxygens (including phenoxy) is 1. The third kappa shape index (κ3) is 4.88. The lowest BCUT2D eigenvalue weighted by molar-refractivity contribution is -0.121. The maximum atomic E-state index is 12.3. The van der Waals surface area contributed by atoms with Crippen LogP contribution in [0.1, 0.15) is 36.8 Å². The molecule has 1 aromatic carbocycles. The van der Waals surface area contributed by atoms with Crippen LogP contribution in [0, 0.1) is 5.92 Å². The Hall–Kier alpha value is -1.81. The fourth-order valence-corrected chi connectivity index (χ4v) is 3.11. The second kappa shape index (κ2) is 7.99. The lowest BCUT2D eigenvalue weighted by Gasteiger charge is -2.21. The van der Waals surface area contributed by atoms with Gasteiger partial charge in [-0.1, -0.05) is 32.0 Å². The normalized spacial score (nSPS) is 12.2. The van der Waals surface area contributed by atoms with Crippen molar-refractivity contribution in [2.45, 2.75) is 32.7 Å². The zero-order valence-corrected chi connectivity index (χ0v) is 14.2. The van der Waals surface area contributed by atoms with Gasteiger partial charge in [-0.25, -0.2) is 0 Å². The van der Waals surface area contributed by atoms with E-state index in [0.29, 0.717) is 12.3 Å². The van der Waals surface area contributed by atoms with Gasteiger partial charge in [0.2, 0.25) is 5.91 Å². The Labute approximate surface area is 136 Å². The van der Waals surface area contributed by atoms with Crippen LogP contribution in [-0.4, -0.2) is 13.0 Å². The zero-order valence-electron chi connectivity index (χ0n) is 13.3. The van der Waals surface area contributed by atoms with Crippen molar-refractivity contribution in [1.29, 1.82) is 0 Å². The Morgan fingerprint density at radius 3 is 2.50 bits per heavy atom. The second-order valence-corrected chi connectivity index (χ2v) is 6.81. The Bertz CT molecular complexity index is 576. The quantitative estimate of drug-likeness (QED) is 0.831. The summed E-state index contributed by atoms with van der Waals surface area (Å²) in [7, 11) is 1.66. The number of hydrogen-bond acceptors (Lipinski definition) is 3. The first-order chi connectivity index (χ1) is 10.6. The molecule has 0 radical (unpaired) electrons. The average molecular weight is 317 g/mol. The van der Waals surface area contributed by atoms with Gasteiger partial charge in [0, 0.05) is 4.88 Å². The third-order valence-electron chi connectivity index (χ3n) is 3.48. The molecule has 4 heteroatoms. The summed E-state index contributed by atoms with van der Waals surface area (Å²) in [5.41, 5.74) is 1.12. The number of carbonyl (C=O) groups excluding carboxylic acids is 1. The van der Waals surface area contributed by atoms with E-state index in [9.17, 15) is 4.79 Å². The molecule has 118 valence electrons. The molecule has 22 heavy (non-hydrogen) atoms. The smallest absolute Gasteiger partial charge is 0.225 e. The summed E-state index contributed by atoms with van der Waals surface area (Å²) < 4.78 is 5.20. The minimum absolute atomic E-state index is 0.0402. The maximum absolute atomic E-state index is 12.3. The standard InChI is InChI=1S/C18H23NO2S/c1-13(2)11-17(14-6-8-15(21-3)9-7-14)19-18(20)12-16-5-4-10-22-16/h4-10,13,17H,11-12H2,1-3H3,(H,19,20). The monoisotopic (exact) mass is 317 g/mol. The molecule has 1 atom stereocenters. The van der Waals surface area contributed by atoms with E-state index < -0.39 is 0 Å². The van der Waals surface area contributed by atoms with Crippen LogP contribution in [-0.2, 0) is 11.2 Å². The minimum Gasteiger partial charge on any atom is -0.497 e. The highest BCUT2D eigenvalue weighted by atomic mass is 32.1. The Morgan fingerprint density at radius 1 is 1.23 bits per heavy atom. The minimum atomic E-state index is 0.0402. The number of methoxy groups -OCH3 is 1. The van der Waals surface area contributed by atoms with Gasteiger partial charge >= 0.3 is 0 Å². The van der Waals surface area contributed by atoms with Crippen LogP contribution in [0.15, 0.2) is 41.8 Å². The average Bonchev–Trinajstić information content (AvgIpc) is 2.99. The van der Waals surface area contributed by atoms with Crippen LogP contribution in [0.5, 0.6) is 5.75 Å². The molecule has 2 rings (SSSR count). The molecule has 1 N–H and O–H groups in total. The van der Waals surface area contributed by atoms with Gasteiger partial charge in [0.15, 0.2) is 0 Å². The summed E-state index contributed by atoms with van der Waals surface area (Å²) in [5, 5.41) is 5.17. The Morgan fingerprint density at radius 2 is 1.95 bits per heavy atom. The number of thiophene rings is 1. The van der Waals surface area contributed by atoms with Crippen LogP contribution < -0.4 is 10.1 Å². The molecule has 0 aliphatic heterocycles. The van der Waals surface area contributed by atoms with Gasteiger partial charge in [0.1, 0.15) is 5.75 Å². The summed E-state index contributed by atoms with van der Waals surface area (Å²) in [6.07, 6.45) is 1.37. The molecule has 1 heterocycles. The van der Waals surface area contributed by atoms with E-state index in [4.69, 9.17) is 4.74 Å². The number of amides is 1. The molecule has 0 spiro atoms. The van der Waals surface area contributed by atoms with E-state index in [1.165, 1.54) is 0 Å². The lowest BCUT2D eigenvalue weighted by Crippen LogP contribution is -2.30. The van der Waals surface area contributed by atoms with Crippen LogP contribution in [0.4, 0.5) is 0 Å². The molecule has 0 saturated heterocycles. The Balaban J connectivity index is 2.06. The van der Waals surface area contributed by atoms with Crippen molar-refractivity contribution >= 4 is 17.2 Å². The molecule has 3 nitrogen and oxygen atoms in total. The summed E-state index contributed by atoms with van der Waals surface area (Å²) in [6, 6.07) is 11.9. The van der Waals surface area contributed by atoms with Gasteiger partial charge in [0.05, 0.1) is 19.6 Å². The predicted octanol–water partition coefficient (Wildman–Crippen LogP) is 4.20. The second-order valence-electron chi connectivity index (χ2n) is 5.78. The predicted molar refractivity (Wildman–Crippen MR) is 91.4 cm³/mol. The first-order valence-corrected chi connectivity index (χ1v) is 8.42. The molecule has 0 bridgehead atoms. The van der Waals surface area contributed by atoms with Crippen LogP contribution in [0.25, 0.3) is 0 Å². The SMILES string of the molecule is COc1ccc(C(CC(C)C)NC(=O)Cc2cccs2)cc1. The molecule has 0 saturated carbocycles. The van der Waals surface area contributed by atoms with E-state index in [1.54, 1.807) is 18.4 Å². The number of benzene rings is 1. The fourth-order valence-electron chi connectivity index (χ4n) is 2.40. The van der Waals surface area contributed by atoms with Crippen LogP contribution >= 0.6 is 11.3 Å². The van der Waals surface area contributed by atoms with E-state index >= 15 is 0 Å². The van der Waals surface area contributed by atoms with Crippen molar-refractivity contribution in [2.75, 3.05) is 7.11 Å². The lowest BCUT2D eigenvalue weighted by atomic mass is 9.96. The van der Waals surface area contributed by atoms with Crippen molar-refractivity contribution in [3.63, 3.8) is 0 Å². The van der Waals surface area contributed by atoms with Crippen molar-refractivity contribution in [2.24, 2.45) is 5.92 Å². The molecule has 1 amide bonds. The highest BCUT2D eigenvalue weighted by molar-refractivity contribution is 7.10. The van der Waals surface area contributed by atoms with E-state index in [2.05, 4.69) is 19.2 Å². The van der Waals surface area contributed by atoms with Crippen molar-refractivity contribution < 1.29 is 9.53 Å².